The zero-order valence-corrected chi connectivity index (χ0v) is 10.9. The van der Waals surface area contributed by atoms with E-state index in [9.17, 15) is 5.26 Å². The van der Waals surface area contributed by atoms with Gasteiger partial charge in [0.05, 0.1) is 17.5 Å². The van der Waals surface area contributed by atoms with Crippen molar-refractivity contribution in [1.29, 1.82) is 5.26 Å². The van der Waals surface area contributed by atoms with E-state index < -0.39 is 0 Å². The Bertz CT molecular complexity index is 442. The molecule has 0 aromatic heterocycles. The number of nitrogens with zero attached hydrogens (tertiary/aromatic N) is 2. The standard InChI is InChI=1S/C15H20N2/c1-12-6-4-8-14(10-12)17-9-5-7-13(11-16)15(17,2)3/h4,6,8,10,13H,5,7,9H2,1-3H3. The summed E-state index contributed by atoms with van der Waals surface area (Å²) >= 11 is 0. The second-order valence-corrected chi connectivity index (χ2v) is 5.47. The second-order valence-electron chi connectivity index (χ2n) is 5.47. The lowest BCUT2D eigenvalue weighted by molar-refractivity contribution is 0.292. The number of hydrogen-bond donors (Lipinski definition) is 0. The highest BCUT2D eigenvalue weighted by Gasteiger charge is 2.38. The quantitative estimate of drug-likeness (QED) is 0.735. The minimum Gasteiger partial charge on any atom is -0.365 e. The van der Waals surface area contributed by atoms with Gasteiger partial charge >= 0.3 is 0 Å². The monoisotopic (exact) mass is 228 g/mol. The van der Waals surface area contributed by atoms with Crippen molar-refractivity contribution < 1.29 is 0 Å². The molecule has 17 heavy (non-hydrogen) atoms. The van der Waals surface area contributed by atoms with Crippen molar-refractivity contribution in [2.45, 2.75) is 39.2 Å². The molecule has 0 N–H and O–H groups in total. The number of aryl methyl sites for hydroxylation is 1. The van der Waals surface area contributed by atoms with E-state index in [4.69, 9.17) is 0 Å². The molecule has 90 valence electrons. The molecule has 0 amide bonds. The molecule has 0 saturated carbocycles. The highest BCUT2D eigenvalue weighted by molar-refractivity contribution is 5.51. The molecule has 1 unspecified atom stereocenters. The van der Waals surface area contributed by atoms with Gasteiger partial charge in [-0.3, -0.25) is 0 Å². The van der Waals surface area contributed by atoms with Crippen LogP contribution in [-0.2, 0) is 0 Å². The summed E-state index contributed by atoms with van der Waals surface area (Å²) < 4.78 is 0. The molecule has 1 saturated heterocycles. The van der Waals surface area contributed by atoms with Gasteiger partial charge in [0, 0.05) is 12.2 Å². The van der Waals surface area contributed by atoms with E-state index in [1.54, 1.807) is 0 Å². The first-order valence-corrected chi connectivity index (χ1v) is 6.29. The van der Waals surface area contributed by atoms with Crippen LogP contribution in [0.3, 0.4) is 0 Å². The third-order valence-electron chi connectivity index (χ3n) is 3.89. The van der Waals surface area contributed by atoms with Gasteiger partial charge < -0.3 is 4.90 Å². The maximum Gasteiger partial charge on any atom is 0.0690 e. The van der Waals surface area contributed by atoms with Gasteiger partial charge in [0.15, 0.2) is 0 Å². The van der Waals surface area contributed by atoms with Crippen LogP contribution in [0.4, 0.5) is 5.69 Å². The van der Waals surface area contributed by atoms with Crippen LogP contribution in [-0.4, -0.2) is 12.1 Å². The Morgan fingerprint density at radius 2 is 2.18 bits per heavy atom. The first-order chi connectivity index (χ1) is 8.05. The first-order valence-electron chi connectivity index (χ1n) is 6.29. The van der Waals surface area contributed by atoms with E-state index in [1.165, 1.54) is 11.3 Å². The van der Waals surface area contributed by atoms with Gasteiger partial charge in [-0.1, -0.05) is 12.1 Å². The average molecular weight is 228 g/mol. The topological polar surface area (TPSA) is 27.0 Å². The largest absolute Gasteiger partial charge is 0.365 e. The van der Waals surface area contributed by atoms with Crippen LogP contribution in [0.2, 0.25) is 0 Å². The number of hydrogen-bond acceptors (Lipinski definition) is 2. The molecule has 1 fully saturated rings. The summed E-state index contributed by atoms with van der Waals surface area (Å²) in [6.45, 7) is 7.53. The van der Waals surface area contributed by atoms with Crippen molar-refractivity contribution in [3.63, 3.8) is 0 Å². The van der Waals surface area contributed by atoms with Gasteiger partial charge in [0.1, 0.15) is 0 Å². The lowest BCUT2D eigenvalue weighted by atomic mass is 9.79. The third-order valence-corrected chi connectivity index (χ3v) is 3.89. The van der Waals surface area contributed by atoms with Crippen LogP contribution in [0.25, 0.3) is 0 Å². The van der Waals surface area contributed by atoms with Gasteiger partial charge in [-0.2, -0.15) is 5.26 Å². The summed E-state index contributed by atoms with van der Waals surface area (Å²) in [5, 5.41) is 9.27. The van der Waals surface area contributed by atoms with E-state index in [0.29, 0.717) is 0 Å². The molecule has 1 aromatic rings. The maximum atomic E-state index is 9.27. The van der Waals surface area contributed by atoms with Gasteiger partial charge in [0.2, 0.25) is 0 Å². The molecular weight excluding hydrogens is 208 g/mol. The summed E-state index contributed by atoms with van der Waals surface area (Å²) in [7, 11) is 0. The van der Waals surface area contributed by atoms with E-state index in [2.05, 4.69) is 56.0 Å². The fourth-order valence-electron chi connectivity index (χ4n) is 2.76. The highest BCUT2D eigenvalue weighted by atomic mass is 15.2. The lowest BCUT2D eigenvalue weighted by Gasteiger charge is -2.47. The minimum atomic E-state index is -0.0687. The van der Waals surface area contributed by atoms with Crippen molar-refractivity contribution in [2.24, 2.45) is 5.92 Å². The summed E-state index contributed by atoms with van der Waals surface area (Å²) in [5.74, 6) is 0.122. The summed E-state index contributed by atoms with van der Waals surface area (Å²) in [6.07, 6.45) is 2.13. The maximum absolute atomic E-state index is 9.27. The zero-order chi connectivity index (χ0) is 12.5. The molecule has 1 atom stereocenters. The van der Waals surface area contributed by atoms with E-state index >= 15 is 0 Å². The predicted molar refractivity (Wildman–Crippen MR) is 70.9 cm³/mol. The van der Waals surface area contributed by atoms with Crippen LogP contribution >= 0.6 is 0 Å². The number of nitriles is 1. The summed E-state index contributed by atoms with van der Waals surface area (Å²) in [6, 6.07) is 11.0. The first kappa shape index (κ1) is 12.0. The van der Waals surface area contributed by atoms with Gasteiger partial charge in [-0.15, -0.1) is 0 Å². The van der Waals surface area contributed by atoms with Crippen LogP contribution < -0.4 is 4.90 Å². The average Bonchev–Trinajstić information content (AvgIpc) is 2.28. The molecule has 1 heterocycles. The number of piperidine rings is 1. The molecule has 1 aromatic carbocycles. The van der Waals surface area contributed by atoms with Gasteiger partial charge in [-0.05, 0) is 51.3 Å². The van der Waals surface area contributed by atoms with Crippen LogP contribution in [0.15, 0.2) is 24.3 Å². The Morgan fingerprint density at radius 3 is 2.82 bits per heavy atom. The molecule has 0 bridgehead atoms. The lowest BCUT2D eigenvalue weighted by Crippen LogP contribution is -2.53. The van der Waals surface area contributed by atoms with Crippen molar-refractivity contribution in [3.05, 3.63) is 29.8 Å². The molecule has 2 heteroatoms. The molecule has 1 aliphatic heterocycles. The van der Waals surface area contributed by atoms with Crippen molar-refractivity contribution in [2.75, 3.05) is 11.4 Å². The van der Waals surface area contributed by atoms with Crippen LogP contribution in [0.5, 0.6) is 0 Å². The SMILES string of the molecule is Cc1cccc(N2CCCC(C#N)C2(C)C)c1. The molecule has 0 radical (unpaired) electrons. The highest BCUT2D eigenvalue weighted by Crippen LogP contribution is 2.36. The summed E-state index contributed by atoms with van der Waals surface area (Å²) in [4.78, 5) is 2.39. The fraction of sp³-hybridized carbons (Fsp3) is 0.533. The molecular formula is C15H20N2. The predicted octanol–water partition coefficient (Wildman–Crippen LogP) is 3.51. The normalized spacial score (nSPS) is 23.2. The molecule has 2 rings (SSSR count). The number of anilines is 1. The Labute approximate surface area is 104 Å². The van der Waals surface area contributed by atoms with Crippen LogP contribution in [0, 0.1) is 24.2 Å². The molecule has 0 spiro atoms. The Balaban J connectivity index is 2.35. The summed E-state index contributed by atoms with van der Waals surface area (Å²) in [5.41, 5.74) is 2.45. The molecule has 1 aliphatic rings. The zero-order valence-electron chi connectivity index (χ0n) is 10.9. The molecule has 2 nitrogen and oxygen atoms in total. The van der Waals surface area contributed by atoms with E-state index in [0.717, 1.165) is 19.4 Å². The second kappa shape index (κ2) is 4.41. The van der Waals surface area contributed by atoms with Crippen molar-refractivity contribution >= 4 is 5.69 Å². The minimum absolute atomic E-state index is 0.0687. The fourth-order valence-corrected chi connectivity index (χ4v) is 2.76. The van der Waals surface area contributed by atoms with Crippen LogP contribution in [0.1, 0.15) is 32.3 Å². The van der Waals surface area contributed by atoms with Gasteiger partial charge in [-0.25, -0.2) is 0 Å². The number of benzene rings is 1. The Kier molecular flexibility index (Phi) is 3.11. The number of rotatable bonds is 1. The Hall–Kier alpha value is -1.49. The molecule has 0 aliphatic carbocycles. The smallest absolute Gasteiger partial charge is 0.0690 e. The van der Waals surface area contributed by atoms with Gasteiger partial charge in [0.25, 0.3) is 0 Å². The van der Waals surface area contributed by atoms with E-state index in [-0.39, 0.29) is 11.5 Å². The van der Waals surface area contributed by atoms with E-state index in [1.807, 2.05) is 0 Å². The van der Waals surface area contributed by atoms with Crippen molar-refractivity contribution in [1.82, 2.24) is 0 Å². The third kappa shape index (κ3) is 2.15. The van der Waals surface area contributed by atoms with Crippen molar-refractivity contribution in [3.8, 4) is 6.07 Å². The Morgan fingerprint density at radius 1 is 1.41 bits per heavy atom.